The number of rotatable bonds is 5. The lowest BCUT2D eigenvalue weighted by molar-refractivity contribution is 0.637. The predicted octanol–water partition coefficient (Wildman–Crippen LogP) is 4.03. The van der Waals surface area contributed by atoms with Crippen LogP contribution in [0.1, 0.15) is 40.4 Å². The smallest absolute Gasteiger partial charge is 0.188 e. The molecule has 0 aliphatic heterocycles. The topological polar surface area (TPSA) is 51.8 Å². The van der Waals surface area contributed by atoms with Gasteiger partial charge in [0.2, 0.25) is 0 Å². The van der Waals surface area contributed by atoms with Gasteiger partial charge in [-0.2, -0.15) is 0 Å². The standard InChI is InChI=1S/C15H21N3S2/c1-5-12(16)14(13-7-6-8-19-13)20-15-17-10(3)9(2)11(4)18-15/h6-8,12,14H,5,16H2,1-4H3. The fraction of sp³-hybridized carbons (Fsp3) is 0.467. The second kappa shape index (κ2) is 6.70. The molecule has 2 rings (SSSR count). The lowest BCUT2D eigenvalue weighted by atomic mass is 10.1. The molecule has 2 heterocycles. The van der Waals surface area contributed by atoms with Crippen LogP contribution in [0.5, 0.6) is 0 Å². The van der Waals surface area contributed by atoms with Crippen molar-refractivity contribution < 1.29 is 0 Å². The molecule has 2 aromatic heterocycles. The van der Waals surface area contributed by atoms with Crippen LogP contribution in [0.4, 0.5) is 0 Å². The number of aryl methyl sites for hydroxylation is 2. The Morgan fingerprint density at radius 1 is 1.25 bits per heavy atom. The highest BCUT2D eigenvalue weighted by atomic mass is 32.2. The van der Waals surface area contributed by atoms with Crippen molar-refractivity contribution in [2.24, 2.45) is 5.73 Å². The first-order valence-corrected chi connectivity index (χ1v) is 8.56. The van der Waals surface area contributed by atoms with Crippen LogP contribution in [-0.2, 0) is 0 Å². The van der Waals surface area contributed by atoms with Crippen LogP contribution in [0.15, 0.2) is 22.7 Å². The summed E-state index contributed by atoms with van der Waals surface area (Å²) < 4.78 is 0. The Balaban J connectivity index is 2.29. The van der Waals surface area contributed by atoms with Gasteiger partial charge in [-0.1, -0.05) is 24.8 Å². The van der Waals surface area contributed by atoms with Crippen molar-refractivity contribution in [2.45, 2.75) is 50.6 Å². The summed E-state index contributed by atoms with van der Waals surface area (Å²) >= 11 is 3.43. The fourth-order valence-electron chi connectivity index (χ4n) is 1.93. The van der Waals surface area contributed by atoms with Crippen molar-refractivity contribution in [3.63, 3.8) is 0 Å². The highest BCUT2D eigenvalue weighted by Gasteiger charge is 2.22. The average Bonchev–Trinajstić information content (AvgIpc) is 2.95. The Morgan fingerprint density at radius 2 is 1.90 bits per heavy atom. The molecule has 0 saturated heterocycles. The Kier molecular flexibility index (Phi) is 5.18. The second-order valence-corrected chi connectivity index (χ2v) is 7.02. The summed E-state index contributed by atoms with van der Waals surface area (Å²) in [6, 6.07) is 4.33. The maximum absolute atomic E-state index is 6.29. The van der Waals surface area contributed by atoms with Crippen molar-refractivity contribution in [3.8, 4) is 0 Å². The summed E-state index contributed by atoms with van der Waals surface area (Å²) in [6.07, 6.45) is 0.944. The third-order valence-corrected chi connectivity index (χ3v) is 5.88. The number of thiophene rings is 1. The molecular formula is C15H21N3S2. The van der Waals surface area contributed by atoms with Gasteiger partial charge in [0, 0.05) is 22.3 Å². The molecule has 2 N–H and O–H groups in total. The third kappa shape index (κ3) is 3.40. The van der Waals surface area contributed by atoms with Crippen LogP contribution < -0.4 is 5.73 Å². The number of hydrogen-bond donors (Lipinski definition) is 1. The summed E-state index contributed by atoms with van der Waals surface area (Å²) in [5.41, 5.74) is 9.56. The zero-order valence-corrected chi connectivity index (χ0v) is 14.0. The van der Waals surface area contributed by atoms with Crippen LogP contribution in [-0.4, -0.2) is 16.0 Å². The molecule has 2 atom stereocenters. The lowest BCUT2D eigenvalue weighted by Crippen LogP contribution is -2.25. The minimum atomic E-state index is 0.115. The van der Waals surface area contributed by atoms with Crippen LogP contribution in [0.3, 0.4) is 0 Å². The van der Waals surface area contributed by atoms with Crippen LogP contribution >= 0.6 is 23.1 Å². The normalized spacial score (nSPS) is 14.2. The van der Waals surface area contributed by atoms with E-state index in [1.165, 1.54) is 10.4 Å². The molecule has 0 aliphatic rings. The van der Waals surface area contributed by atoms with Gasteiger partial charge in [-0.05, 0) is 44.2 Å². The summed E-state index contributed by atoms with van der Waals surface area (Å²) in [5.74, 6) is 0. The van der Waals surface area contributed by atoms with Gasteiger partial charge < -0.3 is 5.73 Å². The van der Waals surface area contributed by atoms with E-state index in [0.717, 1.165) is 23.0 Å². The molecule has 0 aliphatic carbocycles. The van der Waals surface area contributed by atoms with E-state index < -0.39 is 0 Å². The molecule has 2 aromatic rings. The Morgan fingerprint density at radius 3 is 2.40 bits per heavy atom. The first kappa shape index (κ1) is 15.5. The second-order valence-electron chi connectivity index (χ2n) is 4.93. The molecule has 3 nitrogen and oxygen atoms in total. The molecular weight excluding hydrogens is 286 g/mol. The number of thioether (sulfide) groups is 1. The maximum Gasteiger partial charge on any atom is 0.188 e. The fourth-order valence-corrected chi connectivity index (χ4v) is 4.19. The van der Waals surface area contributed by atoms with Crippen molar-refractivity contribution in [3.05, 3.63) is 39.3 Å². The Hall–Kier alpha value is -0.910. The maximum atomic E-state index is 6.29. The van der Waals surface area contributed by atoms with Gasteiger partial charge in [0.1, 0.15) is 0 Å². The molecule has 0 bridgehead atoms. The van der Waals surface area contributed by atoms with E-state index in [0.29, 0.717) is 0 Å². The minimum Gasteiger partial charge on any atom is -0.326 e. The highest BCUT2D eigenvalue weighted by molar-refractivity contribution is 7.99. The number of nitrogens with two attached hydrogens (primary N) is 1. The van der Waals surface area contributed by atoms with Gasteiger partial charge in [0.05, 0.1) is 5.25 Å². The monoisotopic (exact) mass is 307 g/mol. The van der Waals surface area contributed by atoms with Gasteiger partial charge >= 0.3 is 0 Å². The molecule has 0 saturated carbocycles. The molecule has 2 unspecified atom stereocenters. The van der Waals surface area contributed by atoms with E-state index in [1.54, 1.807) is 23.1 Å². The van der Waals surface area contributed by atoms with Gasteiger partial charge in [0.25, 0.3) is 0 Å². The lowest BCUT2D eigenvalue weighted by Gasteiger charge is -2.21. The van der Waals surface area contributed by atoms with Crippen LogP contribution in [0.25, 0.3) is 0 Å². The molecule has 0 fully saturated rings. The quantitative estimate of drug-likeness (QED) is 0.669. The van der Waals surface area contributed by atoms with E-state index in [2.05, 4.69) is 41.3 Å². The van der Waals surface area contributed by atoms with Gasteiger partial charge in [-0.3, -0.25) is 0 Å². The average molecular weight is 307 g/mol. The molecule has 20 heavy (non-hydrogen) atoms. The van der Waals surface area contributed by atoms with E-state index in [-0.39, 0.29) is 11.3 Å². The molecule has 108 valence electrons. The Bertz CT molecular complexity index is 543. The van der Waals surface area contributed by atoms with Crippen molar-refractivity contribution in [1.82, 2.24) is 9.97 Å². The molecule has 0 radical (unpaired) electrons. The first-order valence-electron chi connectivity index (χ1n) is 6.80. The highest BCUT2D eigenvalue weighted by Crippen LogP contribution is 2.38. The zero-order chi connectivity index (χ0) is 14.7. The number of nitrogens with zero attached hydrogens (tertiary/aromatic N) is 2. The van der Waals surface area contributed by atoms with Crippen LogP contribution in [0, 0.1) is 20.8 Å². The minimum absolute atomic E-state index is 0.115. The van der Waals surface area contributed by atoms with E-state index >= 15 is 0 Å². The third-order valence-electron chi connectivity index (χ3n) is 3.53. The van der Waals surface area contributed by atoms with Gasteiger partial charge in [-0.25, -0.2) is 9.97 Å². The predicted molar refractivity (Wildman–Crippen MR) is 87.4 cm³/mol. The first-order chi connectivity index (χ1) is 9.52. The van der Waals surface area contributed by atoms with Crippen molar-refractivity contribution in [2.75, 3.05) is 0 Å². The molecule has 0 amide bonds. The number of hydrogen-bond acceptors (Lipinski definition) is 5. The van der Waals surface area contributed by atoms with Crippen LogP contribution in [0.2, 0.25) is 0 Å². The van der Waals surface area contributed by atoms with E-state index in [9.17, 15) is 0 Å². The summed E-state index contributed by atoms with van der Waals surface area (Å²) in [5, 5.41) is 3.15. The van der Waals surface area contributed by atoms with E-state index in [1.807, 2.05) is 13.8 Å². The summed E-state index contributed by atoms with van der Waals surface area (Å²) in [4.78, 5) is 10.5. The zero-order valence-electron chi connectivity index (χ0n) is 12.4. The molecule has 0 aromatic carbocycles. The van der Waals surface area contributed by atoms with Crippen molar-refractivity contribution in [1.29, 1.82) is 0 Å². The van der Waals surface area contributed by atoms with Crippen molar-refractivity contribution >= 4 is 23.1 Å². The van der Waals surface area contributed by atoms with Gasteiger partial charge in [0.15, 0.2) is 5.16 Å². The molecule has 0 spiro atoms. The summed E-state index contributed by atoms with van der Waals surface area (Å²) in [6.45, 7) is 8.26. The largest absolute Gasteiger partial charge is 0.326 e. The van der Waals surface area contributed by atoms with Gasteiger partial charge in [-0.15, -0.1) is 11.3 Å². The SMILES string of the molecule is CCC(N)C(Sc1nc(C)c(C)c(C)n1)c1cccs1. The van der Waals surface area contributed by atoms with E-state index in [4.69, 9.17) is 5.73 Å². The Labute approximate surface area is 129 Å². The summed E-state index contributed by atoms with van der Waals surface area (Å²) in [7, 11) is 0. The molecule has 5 heteroatoms. The number of aromatic nitrogens is 2.